The van der Waals surface area contributed by atoms with Crippen molar-refractivity contribution in [3.63, 3.8) is 0 Å². The Morgan fingerprint density at radius 1 is 1.20 bits per heavy atom. The molecule has 0 atom stereocenters. The molecule has 0 aliphatic heterocycles. The number of nitrogens with one attached hydrogen (secondary N) is 2. The number of hydrogen-bond acceptors (Lipinski definition) is 1. The lowest BCUT2D eigenvalue weighted by Crippen LogP contribution is -2.06. The highest BCUT2D eigenvalue weighted by Crippen LogP contribution is 2.09. The number of halogens is 1. The Morgan fingerprint density at radius 2 is 1.87 bits per heavy atom. The summed E-state index contributed by atoms with van der Waals surface area (Å²) in [5.41, 5.74) is 2.33. The topological polar surface area (TPSA) is 48.6 Å². The van der Waals surface area contributed by atoms with E-state index in [0.717, 1.165) is 11.3 Å². The molecule has 0 saturated heterocycles. The van der Waals surface area contributed by atoms with Crippen LogP contribution in [0.4, 0.5) is 4.39 Å². The number of rotatable bonds is 2. The number of hydrogen-bond donors (Lipinski definition) is 2. The second kappa shape index (κ2) is 3.73. The zero-order chi connectivity index (χ0) is 10.8. The maximum atomic E-state index is 12.6. The van der Waals surface area contributed by atoms with E-state index < -0.39 is 0 Å². The SMILES string of the molecule is Cc1[nH][nH]c(=O)c1Cc1ccc(F)cc1. The molecule has 0 radical (unpaired) electrons. The molecular formula is C11H11FN2O. The molecule has 1 aromatic heterocycles. The van der Waals surface area contributed by atoms with Crippen molar-refractivity contribution in [2.45, 2.75) is 13.3 Å². The summed E-state index contributed by atoms with van der Waals surface area (Å²) in [7, 11) is 0. The molecule has 0 fully saturated rings. The molecule has 3 nitrogen and oxygen atoms in total. The van der Waals surface area contributed by atoms with Crippen molar-refractivity contribution in [1.29, 1.82) is 0 Å². The van der Waals surface area contributed by atoms with Gasteiger partial charge in [-0.25, -0.2) is 4.39 Å². The maximum absolute atomic E-state index is 12.6. The van der Waals surface area contributed by atoms with Crippen LogP contribution in [-0.4, -0.2) is 10.2 Å². The number of H-pyrrole nitrogens is 2. The average Bonchev–Trinajstić information content (AvgIpc) is 2.53. The van der Waals surface area contributed by atoms with Crippen molar-refractivity contribution >= 4 is 0 Å². The maximum Gasteiger partial charge on any atom is 0.267 e. The van der Waals surface area contributed by atoms with E-state index in [0.29, 0.717) is 12.0 Å². The van der Waals surface area contributed by atoms with Crippen LogP contribution in [0.3, 0.4) is 0 Å². The molecule has 2 aromatic rings. The van der Waals surface area contributed by atoms with E-state index in [2.05, 4.69) is 10.2 Å². The predicted octanol–water partition coefficient (Wildman–Crippen LogP) is 1.74. The molecule has 2 N–H and O–H groups in total. The van der Waals surface area contributed by atoms with Gasteiger partial charge in [-0.1, -0.05) is 12.1 Å². The Hall–Kier alpha value is -1.84. The lowest BCUT2D eigenvalue weighted by atomic mass is 10.1. The molecule has 0 aliphatic rings. The molecule has 1 heterocycles. The van der Waals surface area contributed by atoms with Gasteiger partial charge in [0, 0.05) is 17.7 Å². The quantitative estimate of drug-likeness (QED) is 0.772. The van der Waals surface area contributed by atoms with E-state index in [1.165, 1.54) is 12.1 Å². The molecule has 0 spiro atoms. The molecule has 78 valence electrons. The number of benzene rings is 1. The van der Waals surface area contributed by atoms with Crippen LogP contribution in [0.1, 0.15) is 16.8 Å². The minimum Gasteiger partial charge on any atom is -0.302 e. The van der Waals surface area contributed by atoms with Crippen LogP contribution in [0.5, 0.6) is 0 Å². The van der Waals surface area contributed by atoms with Crippen LogP contribution in [0.2, 0.25) is 0 Å². The van der Waals surface area contributed by atoms with Gasteiger partial charge in [-0.3, -0.25) is 9.89 Å². The van der Waals surface area contributed by atoms with Crippen LogP contribution < -0.4 is 5.56 Å². The second-order valence-corrected chi connectivity index (χ2v) is 3.49. The molecule has 1 aromatic carbocycles. The first-order chi connectivity index (χ1) is 7.16. The molecule has 4 heteroatoms. The minimum absolute atomic E-state index is 0.114. The summed E-state index contributed by atoms with van der Waals surface area (Å²) in [6.45, 7) is 1.83. The van der Waals surface area contributed by atoms with Gasteiger partial charge in [-0.15, -0.1) is 0 Å². The Labute approximate surface area is 85.9 Å². The van der Waals surface area contributed by atoms with Crippen LogP contribution in [0.15, 0.2) is 29.1 Å². The smallest absolute Gasteiger partial charge is 0.267 e. The average molecular weight is 206 g/mol. The van der Waals surface area contributed by atoms with Crippen molar-refractivity contribution in [1.82, 2.24) is 10.2 Å². The summed E-state index contributed by atoms with van der Waals surface area (Å²) in [4.78, 5) is 11.4. The molecule has 0 bridgehead atoms. The Kier molecular flexibility index (Phi) is 2.41. The zero-order valence-electron chi connectivity index (χ0n) is 8.30. The van der Waals surface area contributed by atoms with Crippen LogP contribution in [-0.2, 0) is 6.42 Å². The van der Waals surface area contributed by atoms with E-state index in [1.807, 2.05) is 6.92 Å². The van der Waals surface area contributed by atoms with Gasteiger partial charge in [0.15, 0.2) is 0 Å². The van der Waals surface area contributed by atoms with Crippen LogP contribution in [0, 0.1) is 12.7 Å². The highest BCUT2D eigenvalue weighted by Gasteiger charge is 2.06. The summed E-state index contributed by atoms with van der Waals surface area (Å²) >= 11 is 0. The third kappa shape index (κ3) is 1.98. The number of aryl methyl sites for hydroxylation is 1. The van der Waals surface area contributed by atoms with Gasteiger partial charge in [0.1, 0.15) is 5.82 Å². The molecule has 0 unspecified atom stereocenters. The lowest BCUT2D eigenvalue weighted by molar-refractivity contribution is 0.627. The molecule has 0 saturated carbocycles. The summed E-state index contributed by atoms with van der Waals surface area (Å²) in [5.74, 6) is -0.265. The fourth-order valence-electron chi connectivity index (χ4n) is 1.49. The van der Waals surface area contributed by atoms with Gasteiger partial charge >= 0.3 is 0 Å². The van der Waals surface area contributed by atoms with Gasteiger partial charge < -0.3 is 5.10 Å². The summed E-state index contributed by atoms with van der Waals surface area (Å²) < 4.78 is 12.6. The summed E-state index contributed by atoms with van der Waals surface area (Å²) in [6.07, 6.45) is 0.519. The fourth-order valence-corrected chi connectivity index (χ4v) is 1.49. The van der Waals surface area contributed by atoms with E-state index in [4.69, 9.17) is 0 Å². The number of aromatic nitrogens is 2. The first kappa shape index (κ1) is 9.71. The van der Waals surface area contributed by atoms with Crippen LogP contribution in [0.25, 0.3) is 0 Å². The first-order valence-corrected chi connectivity index (χ1v) is 4.67. The molecule has 15 heavy (non-hydrogen) atoms. The number of aromatic amines is 2. The third-order valence-corrected chi connectivity index (χ3v) is 2.38. The van der Waals surface area contributed by atoms with Gasteiger partial charge in [-0.2, -0.15) is 0 Å². The van der Waals surface area contributed by atoms with Crippen molar-refractivity contribution in [2.75, 3.05) is 0 Å². The van der Waals surface area contributed by atoms with Crippen molar-refractivity contribution in [2.24, 2.45) is 0 Å². The normalized spacial score (nSPS) is 10.5. The highest BCUT2D eigenvalue weighted by atomic mass is 19.1. The first-order valence-electron chi connectivity index (χ1n) is 4.67. The molecule has 0 aliphatic carbocycles. The Bertz CT molecular complexity index is 510. The van der Waals surface area contributed by atoms with Gasteiger partial charge in [0.2, 0.25) is 0 Å². The molecule has 2 rings (SSSR count). The van der Waals surface area contributed by atoms with E-state index in [-0.39, 0.29) is 11.4 Å². The largest absolute Gasteiger partial charge is 0.302 e. The highest BCUT2D eigenvalue weighted by molar-refractivity contribution is 5.26. The fraction of sp³-hybridized carbons (Fsp3) is 0.182. The minimum atomic E-state index is -0.265. The third-order valence-electron chi connectivity index (χ3n) is 2.38. The van der Waals surface area contributed by atoms with Crippen molar-refractivity contribution in [3.8, 4) is 0 Å². The van der Waals surface area contributed by atoms with Gasteiger partial charge in [0.05, 0.1) is 0 Å². The van der Waals surface area contributed by atoms with E-state index >= 15 is 0 Å². The van der Waals surface area contributed by atoms with E-state index in [9.17, 15) is 9.18 Å². The van der Waals surface area contributed by atoms with Gasteiger partial charge in [0.25, 0.3) is 5.56 Å². The van der Waals surface area contributed by atoms with Gasteiger partial charge in [-0.05, 0) is 24.6 Å². The summed E-state index contributed by atoms with van der Waals surface area (Å²) in [6, 6.07) is 6.15. The van der Waals surface area contributed by atoms with Crippen molar-refractivity contribution < 1.29 is 4.39 Å². The standard InChI is InChI=1S/C11H11FN2O/c1-7-10(11(15)14-13-7)6-8-2-4-9(12)5-3-8/h2-5H,6H2,1H3,(H2,13,14,15). The Balaban J connectivity index is 2.29. The monoisotopic (exact) mass is 206 g/mol. The van der Waals surface area contributed by atoms with E-state index in [1.54, 1.807) is 12.1 Å². The molecular weight excluding hydrogens is 195 g/mol. The predicted molar refractivity (Wildman–Crippen MR) is 55.4 cm³/mol. The molecule has 0 amide bonds. The Morgan fingerprint density at radius 3 is 2.40 bits per heavy atom. The zero-order valence-corrected chi connectivity index (χ0v) is 8.30. The van der Waals surface area contributed by atoms with Crippen molar-refractivity contribution in [3.05, 3.63) is 57.3 Å². The summed E-state index contributed by atoms with van der Waals surface area (Å²) in [5, 5.41) is 5.27. The van der Waals surface area contributed by atoms with Crippen LogP contribution >= 0.6 is 0 Å². The second-order valence-electron chi connectivity index (χ2n) is 3.49. The lowest BCUT2D eigenvalue weighted by Gasteiger charge is -1.98.